The van der Waals surface area contributed by atoms with E-state index >= 15 is 0 Å². The number of nitriles is 2. The van der Waals surface area contributed by atoms with Gasteiger partial charge in [0.25, 0.3) is 0 Å². The van der Waals surface area contributed by atoms with Crippen LogP contribution in [0.2, 0.25) is 0 Å². The van der Waals surface area contributed by atoms with Gasteiger partial charge in [-0.2, -0.15) is 10.5 Å². The summed E-state index contributed by atoms with van der Waals surface area (Å²) in [5, 5.41) is 20.0. The van der Waals surface area contributed by atoms with Crippen molar-refractivity contribution in [2.45, 2.75) is 0 Å². The topological polar surface area (TPSA) is 78.1 Å². The molecule has 0 bridgehead atoms. The van der Waals surface area contributed by atoms with Crippen molar-refractivity contribution in [1.29, 1.82) is 10.5 Å². The van der Waals surface area contributed by atoms with Gasteiger partial charge in [-0.05, 0) is 12.1 Å². The van der Waals surface area contributed by atoms with Crippen LogP contribution in [0, 0.1) is 22.7 Å². The van der Waals surface area contributed by atoms with Crippen molar-refractivity contribution in [3.8, 4) is 23.6 Å². The second-order valence-corrected chi connectivity index (χ2v) is 3.00. The number of nitrogens with one attached hydrogen (secondary N) is 1. The van der Waals surface area contributed by atoms with Crippen LogP contribution in [-0.4, -0.2) is 14.2 Å². The van der Waals surface area contributed by atoms with Crippen LogP contribution in [0.3, 0.4) is 0 Å². The first-order chi connectivity index (χ1) is 8.24. The zero-order valence-corrected chi connectivity index (χ0v) is 9.52. The Morgan fingerprint density at radius 2 is 1.82 bits per heavy atom. The highest BCUT2D eigenvalue weighted by Gasteiger charge is 2.03. The fourth-order valence-corrected chi connectivity index (χ4v) is 1.17. The van der Waals surface area contributed by atoms with Crippen LogP contribution in [0.25, 0.3) is 0 Å². The number of methoxy groups -OCH3 is 2. The summed E-state index contributed by atoms with van der Waals surface area (Å²) in [5.74, 6) is 1.18. The molecule has 86 valence electrons. The van der Waals surface area contributed by atoms with E-state index in [2.05, 4.69) is 5.32 Å². The summed E-state index contributed by atoms with van der Waals surface area (Å²) >= 11 is 0. The van der Waals surface area contributed by atoms with Gasteiger partial charge in [0.05, 0.1) is 14.2 Å². The van der Waals surface area contributed by atoms with Gasteiger partial charge in [-0.25, -0.2) is 0 Å². The zero-order valence-electron chi connectivity index (χ0n) is 9.52. The minimum Gasteiger partial charge on any atom is -0.493 e. The molecule has 1 N–H and O–H groups in total. The Labute approximate surface area is 99.5 Å². The Morgan fingerprint density at radius 3 is 2.35 bits per heavy atom. The van der Waals surface area contributed by atoms with Crippen molar-refractivity contribution >= 4 is 5.69 Å². The van der Waals surface area contributed by atoms with Gasteiger partial charge in [-0.1, -0.05) is 0 Å². The second kappa shape index (κ2) is 6.04. The van der Waals surface area contributed by atoms with Gasteiger partial charge in [-0.3, -0.25) is 0 Å². The van der Waals surface area contributed by atoms with E-state index in [1.165, 1.54) is 13.3 Å². The van der Waals surface area contributed by atoms with E-state index in [-0.39, 0.29) is 5.57 Å². The predicted octanol–water partition coefficient (Wildman–Crippen LogP) is 2.05. The molecular weight excluding hydrogens is 218 g/mol. The van der Waals surface area contributed by atoms with Gasteiger partial charge in [0, 0.05) is 18.0 Å². The molecule has 0 heterocycles. The van der Waals surface area contributed by atoms with Gasteiger partial charge in [0.1, 0.15) is 17.7 Å². The molecule has 0 fully saturated rings. The highest BCUT2D eigenvalue weighted by Crippen LogP contribution is 2.29. The minimum absolute atomic E-state index is 0.000199. The Morgan fingerprint density at radius 1 is 1.18 bits per heavy atom. The summed E-state index contributed by atoms with van der Waals surface area (Å²) in [5.41, 5.74) is 0.699. The number of benzene rings is 1. The number of allylic oxidation sites excluding steroid dienone is 1. The zero-order chi connectivity index (χ0) is 12.7. The molecule has 0 saturated heterocycles. The average Bonchev–Trinajstić information content (AvgIpc) is 2.39. The molecule has 0 atom stereocenters. The van der Waals surface area contributed by atoms with E-state index < -0.39 is 0 Å². The van der Waals surface area contributed by atoms with Crippen molar-refractivity contribution < 1.29 is 9.47 Å². The van der Waals surface area contributed by atoms with Crippen LogP contribution in [0.5, 0.6) is 11.5 Å². The summed E-state index contributed by atoms with van der Waals surface area (Å²) < 4.78 is 10.2. The molecule has 0 radical (unpaired) electrons. The lowest BCUT2D eigenvalue weighted by Crippen LogP contribution is -1.94. The standard InChI is InChI=1S/C12H11N3O2/c1-16-11-4-3-10(5-12(11)17-2)15-8-9(6-13)7-14/h3-5,8,15H,1-2H3. The number of hydrogen-bond donors (Lipinski definition) is 1. The molecule has 5 nitrogen and oxygen atoms in total. The first-order valence-electron chi connectivity index (χ1n) is 4.74. The molecule has 0 unspecified atom stereocenters. The summed E-state index contributed by atoms with van der Waals surface area (Å²) in [4.78, 5) is 0. The van der Waals surface area contributed by atoms with Crippen molar-refractivity contribution in [3.05, 3.63) is 30.0 Å². The van der Waals surface area contributed by atoms with Crippen LogP contribution in [0.15, 0.2) is 30.0 Å². The molecule has 1 aromatic rings. The van der Waals surface area contributed by atoms with E-state index in [0.717, 1.165) is 0 Å². The number of anilines is 1. The van der Waals surface area contributed by atoms with Gasteiger partial charge in [0.15, 0.2) is 11.5 Å². The lowest BCUT2D eigenvalue weighted by atomic mass is 10.2. The maximum absolute atomic E-state index is 8.56. The van der Waals surface area contributed by atoms with E-state index in [1.807, 2.05) is 0 Å². The highest BCUT2D eigenvalue weighted by atomic mass is 16.5. The molecule has 17 heavy (non-hydrogen) atoms. The van der Waals surface area contributed by atoms with Crippen molar-refractivity contribution in [2.75, 3.05) is 19.5 Å². The molecule has 1 aromatic carbocycles. The largest absolute Gasteiger partial charge is 0.493 e. The molecule has 0 amide bonds. The molecule has 0 aliphatic rings. The summed E-state index contributed by atoms with van der Waals surface area (Å²) in [6.07, 6.45) is 1.33. The molecule has 0 aliphatic heterocycles. The third kappa shape index (κ3) is 3.15. The summed E-state index contributed by atoms with van der Waals surface area (Å²) in [6, 6.07) is 8.70. The monoisotopic (exact) mass is 229 g/mol. The van der Waals surface area contributed by atoms with Crippen molar-refractivity contribution in [2.24, 2.45) is 0 Å². The molecule has 0 spiro atoms. The molecule has 1 rings (SSSR count). The fourth-order valence-electron chi connectivity index (χ4n) is 1.17. The van der Waals surface area contributed by atoms with Crippen LogP contribution in [0.4, 0.5) is 5.69 Å². The fraction of sp³-hybridized carbons (Fsp3) is 0.167. The van der Waals surface area contributed by atoms with Crippen molar-refractivity contribution in [1.82, 2.24) is 0 Å². The lowest BCUT2D eigenvalue weighted by molar-refractivity contribution is 0.355. The third-order valence-electron chi connectivity index (χ3n) is 2.01. The van der Waals surface area contributed by atoms with Crippen LogP contribution in [-0.2, 0) is 0 Å². The molecule has 0 aliphatic carbocycles. The van der Waals surface area contributed by atoms with E-state index in [4.69, 9.17) is 20.0 Å². The number of hydrogen-bond acceptors (Lipinski definition) is 5. The molecule has 5 heteroatoms. The normalized spacial score (nSPS) is 8.47. The Balaban J connectivity index is 2.92. The SMILES string of the molecule is COc1ccc(NC=C(C#N)C#N)cc1OC. The summed E-state index contributed by atoms with van der Waals surface area (Å²) in [7, 11) is 3.09. The average molecular weight is 229 g/mol. The van der Waals surface area contributed by atoms with Crippen LogP contribution >= 0.6 is 0 Å². The molecule has 0 saturated carbocycles. The van der Waals surface area contributed by atoms with Gasteiger partial charge < -0.3 is 14.8 Å². The first kappa shape index (κ1) is 12.4. The summed E-state index contributed by atoms with van der Waals surface area (Å²) in [6.45, 7) is 0. The number of ether oxygens (including phenoxy) is 2. The molecule has 0 aromatic heterocycles. The minimum atomic E-state index is -0.000199. The smallest absolute Gasteiger partial charge is 0.162 e. The highest BCUT2D eigenvalue weighted by molar-refractivity contribution is 5.57. The Bertz CT molecular complexity index is 493. The number of nitrogens with zero attached hydrogens (tertiary/aromatic N) is 2. The third-order valence-corrected chi connectivity index (χ3v) is 2.01. The maximum Gasteiger partial charge on any atom is 0.162 e. The lowest BCUT2D eigenvalue weighted by Gasteiger charge is -2.09. The van der Waals surface area contributed by atoms with Crippen molar-refractivity contribution in [3.63, 3.8) is 0 Å². The Hall–Kier alpha value is -2.66. The predicted molar refractivity (Wildman–Crippen MR) is 62.5 cm³/mol. The van der Waals surface area contributed by atoms with Gasteiger partial charge >= 0.3 is 0 Å². The second-order valence-electron chi connectivity index (χ2n) is 3.00. The van der Waals surface area contributed by atoms with E-state index in [0.29, 0.717) is 17.2 Å². The van der Waals surface area contributed by atoms with Gasteiger partial charge in [-0.15, -0.1) is 0 Å². The first-order valence-corrected chi connectivity index (χ1v) is 4.74. The maximum atomic E-state index is 8.56. The van der Waals surface area contributed by atoms with E-state index in [9.17, 15) is 0 Å². The molecular formula is C12H11N3O2. The number of rotatable bonds is 4. The quantitative estimate of drug-likeness (QED) is 0.799. The van der Waals surface area contributed by atoms with Crippen LogP contribution in [0.1, 0.15) is 0 Å². The van der Waals surface area contributed by atoms with E-state index in [1.54, 1.807) is 37.4 Å². The Kier molecular flexibility index (Phi) is 4.41. The van der Waals surface area contributed by atoms with Gasteiger partial charge in [0.2, 0.25) is 0 Å². The van der Waals surface area contributed by atoms with Crippen LogP contribution < -0.4 is 14.8 Å².